The molecule has 2 aromatic rings. The van der Waals surface area contributed by atoms with Crippen molar-refractivity contribution in [2.45, 2.75) is 20.8 Å². The highest BCUT2D eigenvalue weighted by Gasteiger charge is 2.18. The maximum atomic E-state index is 12.5. The number of nitro benzene ring substituents is 1. The van der Waals surface area contributed by atoms with Gasteiger partial charge < -0.3 is 10.2 Å². The number of amides is 2. The molecule has 7 nitrogen and oxygen atoms in total. The van der Waals surface area contributed by atoms with Crippen molar-refractivity contribution in [1.29, 1.82) is 0 Å². The zero-order chi connectivity index (χ0) is 19.4. The Kier molecular flexibility index (Phi) is 5.71. The SMILES string of the molecule is Cc1cc(C(=O)N(C)CC(=O)Nc2cccc(C)c2C)ccc1[N+](=O)[O-]. The fourth-order valence-corrected chi connectivity index (χ4v) is 2.58. The number of likely N-dealkylation sites (N-methyl/N-ethyl adjacent to an activating group) is 1. The van der Waals surface area contributed by atoms with E-state index < -0.39 is 4.92 Å². The number of hydrogen-bond donors (Lipinski definition) is 1. The van der Waals surface area contributed by atoms with Crippen molar-refractivity contribution in [2.75, 3.05) is 18.9 Å². The summed E-state index contributed by atoms with van der Waals surface area (Å²) in [5, 5.41) is 13.7. The summed E-state index contributed by atoms with van der Waals surface area (Å²) in [5.41, 5.74) is 3.40. The first-order valence-electron chi connectivity index (χ1n) is 8.07. The predicted octanol–water partition coefficient (Wildman–Crippen LogP) is 3.23. The molecule has 0 aliphatic carbocycles. The van der Waals surface area contributed by atoms with Gasteiger partial charge in [0.2, 0.25) is 5.91 Å². The molecule has 7 heteroatoms. The van der Waals surface area contributed by atoms with Gasteiger partial charge in [0.1, 0.15) is 0 Å². The molecule has 136 valence electrons. The fraction of sp³-hybridized carbons (Fsp3) is 0.263. The predicted molar refractivity (Wildman–Crippen MR) is 99.3 cm³/mol. The lowest BCUT2D eigenvalue weighted by molar-refractivity contribution is -0.385. The Labute approximate surface area is 151 Å². The van der Waals surface area contributed by atoms with Gasteiger partial charge in [-0.25, -0.2) is 0 Å². The lowest BCUT2D eigenvalue weighted by Crippen LogP contribution is -2.35. The molecule has 0 aliphatic heterocycles. The smallest absolute Gasteiger partial charge is 0.272 e. The van der Waals surface area contributed by atoms with Crippen LogP contribution in [0.15, 0.2) is 36.4 Å². The summed E-state index contributed by atoms with van der Waals surface area (Å²) in [5.74, 6) is -0.688. The standard InChI is InChI=1S/C19H21N3O4/c1-12-6-5-7-16(14(12)3)20-18(23)11-21(4)19(24)15-8-9-17(22(25)26)13(2)10-15/h5-10H,11H2,1-4H3,(H,20,23). The van der Waals surface area contributed by atoms with E-state index >= 15 is 0 Å². The number of nitro groups is 1. The average molecular weight is 355 g/mol. The fourth-order valence-electron chi connectivity index (χ4n) is 2.58. The highest BCUT2D eigenvalue weighted by Crippen LogP contribution is 2.20. The van der Waals surface area contributed by atoms with Crippen LogP contribution < -0.4 is 5.32 Å². The first-order valence-corrected chi connectivity index (χ1v) is 8.07. The Morgan fingerprint density at radius 2 is 1.81 bits per heavy atom. The Balaban J connectivity index is 2.06. The number of nitrogens with zero attached hydrogens (tertiary/aromatic N) is 2. The van der Waals surface area contributed by atoms with Gasteiger partial charge in [-0.15, -0.1) is 0 Å². The van der Waals surface area contributed by atoms with Crippen LogP contribution in [0.4, 0.5) is 11.4 Å². The molecule has 0 atom stereocenters. The van der Waals surface area contributed by atoms with Gasteiger partial charge in [-0.05, 0) is 50.1 Å². The van der Waals surface area contributed by atoms with Crippen molar-refractivity contribution in [3.63, 3.8) is 0 Å². The number of rotatable bonds is 5. The molecule has 2 aromatic carbocycles. The second kappa shape index (κ2) is 7.77. The maximum Gasteiger partial charge on any atom is 0.272 e. The van der Waals surface area contributed by atoms with E-state index in [-0.39, 0.29) is 24.0 Å². The summed E-state index contributed by atoms with van der Waals surface area (Å²) < 4.78 is 0. The van der Waals surface area contributed by atoms with Crippen LogP contribution in [0.3, 0.4) is 0 Å². The number of benzene rings is 2. The van der Waals surface area contributed by atoms with Crippen LogP contribution in [-0.2, 0) is 4.79 Å². The molecule has 0 bridgehead atoms. The molecule has 1 N–H and O–H groups in total. The largest absolute Gasteiger partial charge is 0.332 e. The van der Waals surface area contributed by atoms with E-state index in [1.807, 2.05) is 32.0 Å². The summed E-state index contributed by atoms with van der Waals surface area (Å²) in [6.07, 6.45) is 0. The minimum absolute atomic E-state index is 0.0446. The molecule has 2 amide bonds. The van der Waals surface area contributed by atoms with Gasteiger partial charge in [-0.1, -0.05) is 12.1 Å². The Morgan fingerprint density at radius 3 is 2.42 bits per heavy atom. The highest BCUT2D eigenvalue weighted by molar-refractivity contribution is 5.99. The topological polar surface area (TPSA) is 92.6 Å². The van der Waals surface area contributed by atoms with Crippen molar-refractivity contribution < 1.29 is 14.5 Å². The Hall–Kier alpha value is -3.22. The molecule has 0 saturated heterocycles. The zero-order valence-corrected chi connectivity index (χ0v) is 15.2. The number of anilines is 1. The second-order valence-corrected chi connectivity index (χ2v) is 6.22. The normalized spacial score (nSPS) is 10.3. The van der Waals surface area contributed by atoms with E-state index in [0.29, 0.717) is 16.8 Å². The third-order valence-corrected chi connectivity index (χ3v) is 4.25. The number of nitrogens with one attached hydrogen (secondary N) is 1. The molecule has 0 radical (unpaired) electrons. The first kappa shape index (κ1) is 19.1. The molecule has 0 aliphatic rings. The van der Waals surface area contributed by atoms with E-state index in [1.165, 1.54) is 30.1 Å². The Bertz CT molecular complexity index is 877. The number of aryl methyl sites for hydroxylation is 2. The minimum atomic E-state index is -0.495. The van der Waals surface area contributed by atoms with Crippen LogP contribution in [0.1, 0.15) is 27.0 Å². The van der Waals surface area contributed by atoms with Crippen LogP contribution in [0.2, 0.25) is 0 Å². The number of carbonyl (C=O) groups is 2. The second-order valence-electron chi connectivity index (χ2n) is 6.22. The summed E-state index contributed by atoms with van der Waals surface area (Å²) >= 11 is 0. The zero-order valence-electron chi connectivity index (χ0n) is 15.2. The van der Waals surface area contributed by atoms with Crippen molar-refractivity contribution in [2.24, 2.45) is 0 Å². The third kappa shape index (κ3) is 4.24. The van der Waals surface area contributed by atoms with Crippen LogP contribution in [-0.4, -0.2) is 35.2 Å². The average Bonchev–Trinajstić information content (AvgIpc) is 2.57. The quantitative estimate of drug-likeness (QED) is 0.658. The maximum absolute atomic E-state index is 12.5. The first-order chi connectivity index (χ1) is 12.2. The lowest BCUT2D eigenvalue weighted by Gasteiger charge is -2.18. The van der Waals surface area contributed by atoms with Crippen LogP contribution in [0.5, 0.6) is 0 Å². The van der Waals surface area contributed by atoms with Gasteiger partial charge >= 0.3 is 0 Å². The van der Waals surface area contributed by atoms with Gasteiger partial charge in [0.25, 0.3) is 11.6 Å². The number of hydrogen-bond acceptors (Lipinski definition) is 4. The highest BCUT2D eigenvalue weighted by atomic mass is 16.6. The lowest BCUT2D eigenvalue weighted by atomic mass is 10.1. The van der Waals surface area contributed by atoms with Gasteiger partial charge in [0.15, 0.2) is 0 Å². The molecule has 0 heterocycles. The van der Waals surface area contributed by atoms with Gasteiger partial charge in [0, 0.05) is 29.9 Å². The molecule has 0 fully saturated rings. The molecular weight excluding hydrogens is 334 g/mol. The summed E-state index contributed by atoms with van der Waals surface area (Å²) in [6.45, 7) is 5.32. The van der Waals surface area contributed by atoms with E-state index in [0.717, 1.165) is 11.1 Å². The summed E-state index contributed by atoms with van der Waals surface area (Å²) in [6, 6.07) is 9.77. The molecular formula is C19H21N3O4. The van der Waals surface area contributed by atoms with E-state index in [1.54, 1.807) is 6.92 Å². The van der Waals surface area contributed by atoms with Crippen LogP contribution in [0.25, 0.3) is 0 Å². The Morgan fingerprint density at radius 1 is 1.12 bits per heavy atom. The molecule has 0 unspecified atom stereocenters. The molecule has 0 saturated carbocycles. The van der Waals surface area contributed by atoms with Crippen molar-refractivity contribution >= 4 is 23.2 Å². The van der Waals surface area contributed by atoms with E-state index in [2.05, 4.69) is 5.32 Å². The van der Waals surface area contributed by atoms with Crippen molar-refractivity contribution in [1.82, 2.24) is 4.90 Å². The summed E-state index contributed by atoms with van der Waals surface area (Å²) in [7, 11) is 1.52. The molecule has 0 aromatic heterocycles. The van der Waals surface area contributed by atoms with Crippen molar-refractivity contribution in [3.05, 3.63) is 68.8 Å². The van der Waals surface area contributed by atoms with Crippen molar-refractivity contribution in [3.8, 4) is 0 Å². The summed E-state index contributed by atoms with van der Waals surface area (Å²) in [4.78, 5) is 36.3. The van der Waals surface area contributed by atoms with Gasteiger partial charge in [-0.3, -0.25) is 19.7 Å². The van der Waals surface area contributed by atoms with E-state index in [9.17, 15) is 19.7 Å². The van der Waals surface area contributed by atoms with Crippen LogP contribution >= 0.6 is 0 Å². The van der Waals surface area contributed by atoms with Gasteiger partial charge in [0.05, 0.1) is 11.5 Å². The van der Waals surface area contributed by atoms with Gasteiger partial charge in [-0.2, -0.15) is 0 Å². The minimum Gasteiger partial charge on any atom is -0.332 e. The van der Waals surface area contributed by atoms with E-state index in [4.69, 9.17) is 0 Å². The monoisotopic (exact) mass is 355 g/mol. The third-order valence-electron chi connectivity index (χ3n) is 4.25. The molecule has 2 rings (SSSR count). The molecule has 26 heavy (non-hydrogen) atoms. The molecule has 0 spiro atoms. The number of carbonyl (C=O) groups excluding carboxylic acids is 2. The van der Waals surface area contributed by atoms with Crippen LogP contribution in [0, 0.1) is 30.9 Å².